The molecule has 0 fully saturated rings. The predicted molar refractivity (Wildman–Crippen MR) is 107 cm³/mol. The van der Waals surface area contributed by atoms with Gasteiger partial charge in [-0.2, -0.15) is 0 Å². The van der Waals surface area contributed by atoms with Gasteiger partial charge in [-0.3, -0.25) is 4.98 Å². The van der Waals surface area contributed by atoms with E-state index in [1.165, 1.54) is 0 Å². The Morgan fingerprint density at radius 3 is 2.96 bits per heavy atom. The highest BCUT2D eigenvalue weighted by molar-refractivity contribution is 7.98. The molecule has 5 rings (SSSR count). The van der Waals surface area contributed by atoms with Gasteiger partial charge in [0.1, 0.15) is 10.7 Å². The predicted octanol–water partition coefficient (Wildman–Crippen LogP) is 4.02. The van der Waals surface area contributed by atoms with Crippen molar-refractivity contribution >= 4 is 23.1 Å². The van der Waals surface area contributed by atoms with E-state index in [-0.39, 0.29) is 6.79 Å². The van der Waals surface area contributed by atoms with Crippen LogP contribution in [0.25, 0.3) is 22.1 Å². The molecule has 1 aliphatic rings. The first-order valence-corrected chi connectivity index (χ1v) is 10.4. The van der Waals surface area contributed by atoms with E-state index in [0.29, 0.717) is 0 Å². The van der Waals surface area contributed by atoms with E-state index in [1.54, 1.807) is 29.3 Å². The smallest absolute Gasteiger partial charge is 0.231 e. The van der Waals surface area contributed by atoms with Crippen LogP contribution in [0.1, 0.15) is 5.69 Å². The molecule has 0 spiro atoms. The van der Waals surface area contributed by atoms with Gasteiger partial charge in [0.25, 0.3) is 0 Å². The third-order valence-electron chi connectivity index (χ3n) is 4.25. The second-order valence-corrected chi connectivity index (χ2v) is 7.88. The molecule has 28 heavy (non-hydrogen) atoms. The van der Waals surface area contributed by atoms with Crippen LogP contribution in [-0.2, 0) is 12.8 Å². The van der Waals surface area contributed by atoms with Crippen LogP contribution in [-0.4, -0.2) is 31.5 Å². The van der Waals surface area contributed by atoms with Crippen molar-refractivity contribution in [1.29, 1.82) is 0 Å². The molecule has 0 amide bonds. The first-order chi connectivity index (χ1) is 13.8. The van der Waals surface area contributed by atoms with E-state index in [0.717, 1.165) is 50.2 Å². The van der Waals surface area contributed by atoms with Crippen molar-refractivity contribution < 1.29 is 9.47 Å². The Bertz CT molecular complexity index is 1130. The van der Waals surface area contributed by atoms with Crippen LogP contribution < -0.4 is 9.47 Å². The molecule has 0 saturated carbocycles. The minimum Gasteiger partial charge on any atom is -0.454 e. The summed E-state index contributed by atoms with van der Waals surface area (Å²) in [5.41, 5.74) is 2.84. The zero-order valence-corrected chi connectivity index (χ0v) is 16.5. The Kier molecular flexibility index (Phi) is 4.46. The monoisotopic (exact) mass is 409 g/mol. The van der Waals surface area contributed by atoms with E-state index in [4.69, 9.17) is 14.5 Å². The summed E-state index contributed by atoms with van der Waals surface area (Å²) in [5, 5.41) is 12.4. The molecule has 0 aliphatic carbocycles. The molecule has 0 radical (unpaired) electrons. The Hall–Kier alpha value is -2.91. The van der Waals surface area contributed by atoms with E-state index < -0.39 is 0 Å². The lowest BCUT2D eigenvalue weighted by molar-refractivity contribution is 0.174. The van der Waals surface area contributed by atoms with E-state index in [9.17, 15) is 0 Å². The third-order valence-corrected chi connectivity index (χ3v) is 6.24. The van der Waals surface area contributed by atoms with Crippen LogP contribution in [0.2, 0.25) is 0 Å². The molecule has 7 nitrogen and oxygen atoms in total. The fourth-order valence-electron chi connectivity index (χ4n) is 2.83. The number of hydrogen-bond donors (Lipinski definition) is 0. The first-order valence-electron chi connectivity index (χ1n) is 8.56. The number of hydrogen-bond acceptors (Lipinski definition) is 8. The van der Waals surface area contributed by atoms with Gasteiger partial charge in [-0.1, -0.05) is 17.8 Å². The molecule has 1 aliphatic heterocycles. The lowest BCUT2D eigenvalue weighted by atomic mass is 10.2. The minimum absolute atomic E-state index is 0.275. The molecule has 0 atom stereocenters. The van der Waals surface area contributed by atoms with Gasteiger partial charge in [0, 0.05) is 29.9 Å². The molecule has 140 valence electrons. The largest absolute Gasteiger partial charge is 0.454 e. The van der Waals surface area contributed by atoms with Crippen molar-refractivity contribution in [1.82, 2.24) is 24.7 Å². The number of nitrogens with zero attached hydrogens (tertiary/aromatic N) is 5. The second-order valence-electron chi connectivity index (χ2n) is 6.08. The van der Waals surface area contributed by atoms with Crippen molar-refractivity contribution in [2.45, 2.75) is 10.9 Å². The fourth-order valence-corrected chi connectivity index (χ4v) is 4.56. The van der Waals surface area contributed by atoms with E-state index >= 15 is 0 Å². The quantitative estimate of drug-likeness (QED) is 0.461. The second kappa shape index (κ2) is 7.25. The molecular formula is C19H15N5O2S2. The summed E-state index contributed by atoms with van der Waals surface area (Å²) >= 11 is 3.22. The molecule has 0 saturated heterocycles. The summed E-state index contributed by atoms with van der Waals surface area (Å²) < 4.78 is 12.8. The number of rotatable bonds is 5. The van der Waals surface area contributed by atoms with Crippen LogP contribution >= 0.6 is 23.1 Å². The van der Waals surface area contributed by atoms with Crippen LogP contribution in [0.4, 0.5) is 0 Å². The standard InChI is InChI=1S/C19H15N5O2S2/c1-24-17(14-4-2-3-7-20-14)22-23-19(24)28-10-13-9-27-18(21-13)12-5-6-15-16(8-12)26-11-25-15/h2-9H,10-11H2,1H3. The maximum absolute atomic E-state index is 5.45. The maximum Gasteiger partial charge on any atom is 0.231 e. The van der Waals surface area contributed by atoms with Gasteiger partial charge in [0.2, 0.25) is 6.79 Å². The Morgan fingerprint density at radius 2 is 2.07 bits per heavy atom. The SMILES string of the molecule is Cn1c(SCc2csc(-c3ccc4c(c3)OCO4)n2)nnc1-c1ccccn1. The Labute approximate surface area is 169 Å². The van der Waals surface area contributed by atoms with Crippen LogP contribution in [0.15, 0.2) is 53.1 Å². The van der Waals surface area contributed by atoms with Gasteiger partial charge in [-0.05, 0) is 30.3 Å². The fraction of sp³-hybridized carbons (Fsp3) is 0.158. The molecule has 9 heteroatoms. The van der Waals surface area contributed by atoms with E-state index in [2.05, 4.69) is 20.6 Å². The van der Waals surface area contributed by atoms with Gasteiger partial charge in [-0.25, -0.2) is 4.98 Å². The summed E-state index contributed by atoms with van der Waals surface area (Å²) in [5.74, 6) is 3.02. The zero-order chi connectivity index (χ0) is 18.9. The van der Waals surface area contributed by atoms with Crippen molar-refractivity contribution in [3.8, 4) is 33.6 Å². The normalized spacial score (nSPS) is 12.5. The van der Waals surface area contributed by atoms with Crippen LogP contribution in [0.3, 0.4) is 0 Å². The number of thioether (sulfide) groups is 1. The van der Waals surface area contributed by atoms with Gasteiger partial charge in [-0.15, -0.1) is 21.5 Å². The van der Waals surface area contributed by atoms with Gasteiger partial charge in [0.15, 0.2) is 22.5 Å². The highest BCUT2D eigenvalue weighted by Gasteiger charge is 2.16. The van der Waals surface area contributed by atoms with E-state index in [1.807, 2.05) is 48.0 Å². The average molecular weight is 409 g/mol. The summed E-state index contributed by atoms with van der Waals surface area (Å²) in [4.78, 5) is 9.09. The summed E-state index contributed by atoms with van der Waals surface area (Å²) in [7, 11) is 1.95. The number of ether oxygens (including phenoxy) is 2. The Balaban J connectivity index is 1.30. The molecule has 0 bridgehead atoms. The molecule has 0 unspecified atom stereocenters. The molecule has 4 heterocycles. The highest BCUT2D eigenvalue weighted by Crippen LogP contribution is 2.37. The van der Waals surface area contributed by atoms with Crippen LogP contribution in [0, 0.1) is 0 Å². The molecule has 1 aromatic carbocycles. The van der Waals surface area contributed by atoms with Crippen molar-refractivity contribution in [2.75, 3.05) is 6.79 Å². The molecule has 3 aromatic heterocycles. The third kappa shape index (κ3) is 3.23. The van der Waals surface area contributed by atoms with Gasteiger partial charge in [0.05, 0.1) is 5.69 Å². The Morgan fingerprint density at radius 1 is 1.14 bits per heavy atom. The lowest BCUT2D eigenvalue weighted by Gasteiger charge is -2.02. The summed E-state index contributed by atoms with van der Waals surface area (Å²) in [6, 6.07) is 11.7. The molecule has 0 N–H and O–H groups in total. The summed E-state index contributed by atoms with van der Waals surface area (Å²) in [6.45, 7) is 0.275. The van der Waals surface area contributed by atoms with Crippen molar-refractivity contribution in [3.05, 3.63) is 53.7 Å². The van der Waals surface area contributed by atoms with Crippen molar-refractivity contribution in [3.63, 3.8) is 0 Å². The number of fused-ring (bicyclic) bond motifs is 1. The highest BCUT2D eigenvalue weighted by atomic mass is 32.2. The first kappa shape index (κ1) is 17.2. The van der Waals surface area contributed by atoms with Gasteiger partial charge >= 0.3 is 0 Å². The summed E-state index contributed by atoms with van der Waals surface area (Å²) in [6.07, 6.45) is 1.75. The number of benzene rings is 1. The number of aromatic nitrogens is 5. The van der Waals surface area contributed by atoms with Crippen molar-refractivity contribution in [2.24, 2.45) is 7.05 Å². The lowest BCUT2D eigenvalue weighted by Crippen LogP contribution is -1.96. The average Bonchev–Trinajstić information content (AvgIpc) is 3.46. The number of pyridine rings is 1. The minimum atomic E-state index is 0.275. The van der Waals surface area contributed by atoms with Gasteiger partial charge < -0.3 is 14.0 Å². The topological polar surface area (TPSA) is 75.0 Å². The molecular weight excluding hydrogens is 394 g/mol. The maximum atomic E-state index is 5.45. The molecule has 4 aromatic rings. The number of thiazole rings is 1. The zero-order valence-electron chi connectivity index (χ0n) is 14.9. The van der Waals surface area contributed by atoms with Crippen LogP contribution in [0.5, 0.6) is 11.5 Å².